The van der Waals surface area contributed by atoms with Crippen LogP contribution in [0.2, 0.25) is 0 Å². The minimum atomic E-state index is -4.43. The minimum Gasteiger partial charge on any atom is -0.508 e. The topological polar surface area (TPSA) is 73.1 Å². The van der Waals surface area contributed by atoms with Crippen LogP contribution in [-0.2, 0) is 4.74 Å². The van der Waals surface area contributed by atoms with Gasteiger partial charge in [0.05, 0.1) is 11.8 Å². The number of aromatic nitrogens is 4. The molecule has 124 valence electrons. The van der Waals surface area contributed by atoms with Crippen molar-refractivity contribution >= 4 is 11.8 Å². The third kappa shape index (κ3) is 3.58. The van der Waals surface area contributed by atoms with E-state index in [1.165, 1.54) is 28.9 Å². The first kappa shape index (κ1) is 16.1. The number of nitrogens with zero attached hydrogens (tertiary/aromatic N) is 4. The van der Waals surface area contributed by atoms with Crippen molar-refractivity contribution in [3.63, 3.8) is 0 Å². The Balaban J connectivity index is 1.86. The summed E-state index contributed by atoms with van der Waals surface area (Å²) in [6.07, 6.45) is -4.35. The summed E-state index contributed by atoms with van der Waals surface area (Å²) in [5.41, 5.74) is 0.462. The van der Waals surface area contributed by atoms with Crippen LogP contribution >= 0.6 is 11.8 Å². The lowest BCUT2D eigenvalue weighted by Crippen LogP contribution is -2.37. The molecule has 1 fully saturated rings. The number of rotatable bonds is 4. The third-order valence-corrected chi connectivity index (χ3v) is 4.68. The van der Waals surface area contributed by atoms with E-state index < -0.39 is 17.5 Å². The molecule has 0 saturated carbocycles. The van der Waals surface area contributed by atoms with Gasteiger partial charge in [0.25, 0.3) is 0 Å². The number of hydrogen-bond donors (Lipinski definition) is 1. The van der Waals surface area contributed by atoms with Crippen molar-refractivity contribution in [3.8, 4) is 11.4 Å². The van der Waals surface area contributed by atoms with E-state index in [9.17, 15) is 18.3 Å². The Morgan fingerprint density at radius 3 is 2.65 bits per heavy atom. The van der Waals surface area contributed by atoms with E-state index in [0.717, 1.165) is 0 Å². The summed E-state index contributed by atoms with van der Waals surface area (Å²) in [5.74, 6) is 0.0450. The molecule has 1 aliphatic rings. The van der Waals surface area contributed by atoms with E-state index in [0.29, 0.717) is 36.9 Å². The average Bonchev–Trinajstić information content (AvgIpc) is 3.16. The first-order chi connectivity index (χ1) is 10.9. The summed E-state index contributed by atoms with van der Waals surface area (Å²) >= 11 is 0.540. The molecule has 6 nitrogen and oxygen atoms in total. The zero-order chi connectivity index (χ0) is 16.4. The van der Waals surface area contributed by atoms with E-state index in [2.05, 4.69) is 15.5 Å². The van der Waals surface area contributed by atoms with E-state index >= 15 is 0 Å². The molecule has 0 aliphatic carbocycles. The van der Waals surface area contributed by atoms with Crippen LogP contribution in [0.15, 0.2) is 29.4 Å². The molecule has 3 rings (SSSR count). The molecule has 1 aliphatic heterocycles. The fraction of sp³-hybridized carbons (Fsp3) is 0.462. The maximum atomic E-state index is 13.3. The number of phenols is 1. The molecule has 2 unspecified atom stereocenters. The lowest BCUT2D eigenvalue weighted by molar-refractivity contribution is -0.148. The second-order valence-electron chi connectivity index (χ2n) is 5.02. The van der Waals surface area contributed by atoms with Gasteiger partial charge in [0.1, 0.15) is 11.0 Å². The Bertz CT molecular complexity index is 656. The number of benzene rings is 1. The van der Waals surface area contributed by atoms with Gasteiger partial charge in [0.15, 0.2) is 0 Å². The molecule has 1 aromatic heterocycles. The van der Waals surface area contributed by atoms with Crippen molar-refractivity contribution in [1.29, 1.82) is 0 Å². The molecular formula is C13H13F3N4O2S. The average molecular weight is 346 g/mol. The Morgan fingerprint density at radius 1 is 1.30 bits per heavy atom. The van der Waals surface area contributed by atoms with Crippen molar-refractivity contribution in [2.45, 2.75) is 35.5 Å². The number of thioether (sulfide) groups is 1. The third-order valence-electron chi connectivity index (χ3n) is 3.39. The van der Waals surface area contributed by atoms with Gasteiger partial charge in [-0.15, -0.1) is 5.10 Å². The van der Waals surface area contributed by atoms with Crippen molar-refractivity contribution < 1.29 is 23.0 Å². The van der Waals surface area contributed by atoms with Crippen LogP contribution < -0.4 is 0 Å². The molecule has 23 heavy (non-hydrogen) atoms. The summed E-state index contributed by atoms with van der Waals surface area (Å²) in [7, 11) is 0. The minimum absolute atomic E-state index is 0.0218. The SMILES string of the molecule is Oc1ccc(-n2nnnc2SC(C2CCCO2)C(F)(F)F)cc1. The molecule has 2 heterocycles. The largest absolute Gasteiger partial charge is 0.508 e. The maximum absolute atomic E-state index is 13.3. The summed E-state index contributed by atoms with van der Waals surface area (Å²) in [6, 6.07) is 5.86. The molecule has 1 N–H and O–H groups in total. The first-order valence-electron chi connectivity index (χ1n) is 6.88. The van der Waals surface area contributed by atoms with Gasteiger partial charge in [-0.25, -0.2) is 0 Å². The zero-order valence-electron chi connectivity index (χ0n) is 11.8. The highest BCUT2D eigenvalue weighted by Crippen LogP contribution is 2.40. The standard InChI is InChI=1S/C13H13F3N4O2S/c14-13(15,16)11(10-2-1-7-22-10)23-12-17-18-19-20(12)8-3-5-9(21)6-4-8/h3-6,10-11,21H,1-2,7H2. The maximum Gasteiger partial charge on any atom is 0.403 e. The second-order valence-corrected chi connectivity index (χ2v) is 6.13. The summed E-state index contributed by atoms with van der Waals surface area (Å²) in [6.45, 7) is 0.334. The Hall–Kier alpha value is -1.81. The van der Waals surface area contributed by atoms with E-state index in [-0.39, 0.29) is 10.9 Å². The summed E-state index contributed by atoms with van der Waals surface area (Å²) in [4.78, 5) is 0. The van der Waals surface area contributed by atoms with Crippen LogP contribution in [0, 0.1) is 0 Å². The normalized spacial score (nSPS) is 19.9. The summed E-state index contributed by atoms with van der Waals surface area (Å²) < 4.78 is 46.4. The van der Waals surface area contributed by atoms with Gasteiger partial charge < -0.3 is 9.84 Å². The lowest BCUT2D eigenvalue weighted by Gasteiger charge is -2.24. The van der Waals surface area contributed by atoms with Crippen molar-refractivity contribution in [3.05, 3.63) is 24.3 Å². The summed E-state index contributed by atoms with van der Waals surface area (Å²) in [5, 5.41) is 18.4. The van der Waals surface area contributed by atoms with Crippen molar-refractivity contribution in [1.82, 2.24) is 20.2 Å². The number of hydrogen-bond acceptors (Lipinski definition) is 6. The van der Waals surface area contributed by atoms with Crippen LogP contribution in [-0.4, -0.2) is 49.5 Å². The highest BCUT2D eigenvalue weighted by atomic mass is 32.2. The molecule has 0 bridgehead atoms. The molecule has 1 aromatic carbocycles. The number of tetrazole rings is 1. The smallest absolute Gasteiger partial charge is 0.403 e. The Labute approximate surface area is 133 Å². The molecular weight excluding hydrogens is 333 g/mol. The van der Waals surface area contributed by atoms with E-state index in [4.69, 9.17) is 4.74 Å². The highest BCUT2D eigenvalue weighted by Gasteiger charge is 2.48. The molecule has 0 radical (unpaired) electrons. The second kappa shape index (κ2) is 6.36. The van der Waals surface area contributed by atoms with Crippen molar-refractivity contribution in [2.24, 2.45) is 0 Å². The number of alkyl halides is 3. The Morgan fingerprint density at radius 2 is 2.04 bits per heavy atom. The van der Waals surface area contributed by atoms with Crippen LogP contribution in [0.5, 0.6) is 5.75 Å². The molecule has 10 heteroatoms. The Kier molecular flexibility index (Phi) is 4.44. The number of aromatic hydroxyl groups is 1. The molecule has 2 atom stereocenters. The van der Waals surface area contributed by atoms with E-state index in [1.54, 1.807) is 0 Å². The fourth-order valence-corrected chi connectivity index (χ4v) is 3.37. The van der Waals surface area contributed by atoms with Crippen molar-refractivity contribution in [2.75, 3.05) is 6.61 Å². The van der Waals surface area contributed by atoms with E-state index in [1.807, 2.05) is 0 Å². The van der Waals surface area contributed by atoms with Gasteiger partial charge in [-0.3, -0.25) is 0 Å². The monoisotopic (exact) mass is 346 g/mol. The van der Waals surface area contributed by atoms with Gasteiger partial charge in [-0.05, 0) is 47.5 Å². The van der Waals surface area contributed by atoms with Gasteiger partial charge in [0, 0.05) is 6.61 Å². The molecule has 2 aromatic rings. The quantitative estimate of drug-likeness (QED) is 0.858. The predicted octanol–water partition coefficient (Wildman–Crippen LogP) is 2.57. The number of ether oxygens (including phenoxy) is 1. The van der Waals surface area contributed by atoms with Crippen LogP contribution in [0.3, 0.4) is 0 Å². The van der Waals surface area contributed by atoms with Gasteiger partial charge in [0.2, 0.25) is 5.16 Å². The number of halogens is 3. The molecule has 0 amide bonds. The van der Waals surface area contributed by atoms with Crippen LogP contribution in [0.1, 0.15) is 12.8 Å². The predicted molar refractivity (Wildman–Crippen MR) is 75.5 cm³/mol. The first-order valence-corrected chi connectivity index (χ1v) is 7.76. The van der Waals surface area contributed by atoms with Gasteiger partial charge >= 0.3 is 6.18 Å². The number of phenolic OH excluding ortho intramolecular Hbond substituents is 1. The molecule has 0 spiro atoms. The zero-order valence-corrected chi connectivity index (χ0v) is 12.6. The van der Waals surface area contributed by atoms with Gasteiger partial charge in [-0.1, -0.05) is 11.8 Å². The van der Waals surface area contributed by atoms with Crippen LogP contribution in [0.25, 0.3) is 5.69 Å². The highest BCUT2D eigenvalue weighted by molar-refractivity contribution is 7.99. The lowest BCUT2D eigenvalue weighted by atomic mass is 10.2. The fourth-order valence-electron chi connectivity index (χ4n) is 2.32. The van der Waals surface area contributed by atoms with Crippen LogP contribution in [0.4, 0.5) is 13.2 Å². The van der Waals surface area contributed by atoms with Gasteiger partial charge in [-0.2, -0.15) is 17.9 Å². The molecule has 1 saturated heterocycles.